The van der Waals surface area contributed by atoms with Crippen molar-refractivity contribution in [3.05, 3.63) is 48.6 Å². The molecule has 2 unspecified atom stereocenters. The highest BCUT2D eigenvalue weighted by atomic mass is 16.2. The van der Waals surface area contributed by atoms with Crippen molar-refractivity contribution in [3.63, 3.8) is 0 Å². The normalized spacial score (nSPS) is 13.4. The van der Waals surface area contributed by atoms with E-state index in [9.17, 15) is 4.79 Å². The fraction of sp³-hybridized carbons (Fsp3) is 0.827. The highest BCUT2D eigenvalue weighted by Crippen LogP contribution is 2.25. The van der Waals surface area contributed by atoms with Crippen LogP contribution in [0.25, 0.3) is 0 Å². The van der Waals surface area contributed by atoms with Crippen LogP contribution in [-0.2, 0) is 4.79 Å². The lowest BCUT2D eigenvalue weighted by Gasteiger charge is -2.35. The maximum Gasteiger partial charge on any atom is 0.225 e. The van der Waals surface area contributed by atoms with Gasteiger partial charge in [-0.1, -0.05) is 192 Å². The van der Waals surface area contributed by atoms with Crippen molar-refractivity contribution in [1.29, 1.82) is 0 Å². The number of allylic oxidation sites excluding steroid dienone is 8. The van der Waals surface area contributed by atoms with E-state index in [1.54, 1.807) is 0 Å². The molecule has 322 valence electrons. The number of carbonyl (C=O) groups excluding carboxylic acids is 1. The molecule has 0 spiro atoms. The number of carbonyl (C=O) groups is 1. The molecule has 0 radical (unpaired) electrons. The Hall–Kier alpha value is -1.61. The number of amides is 1. The third kappa shape index (κ3) is 36.5. The molecular formula is C52H98N2O. The maximum absolute atomic E-state index is 14.2. The quantitative estimate of drug-likeness (QED) is 0.0456. The Balaban J connectivity index is 4.84. The summed E-state index contributed by atoms with van der Waals surface area (Å²) in [5.41, 5.74) is 0. The molecule has 0 saturated carbocycles. The zero-order valence-corrected chi connectivity index (χ0v) is 38.3. The molecule has 0 heterocycles. The highest BCUT2D eigenvalue weighted by Gasteiger charge is 2.28. The second-order valence-corrected chi connectivity index (χ2v) is 17.0. The van der Waals surface area contributed by atoms with E-state index < -0.39 is 0 Å². The summed E-state index contributed by atoms with van der Waals surface area (Å²) >= 11 is 0. The van der Waals surface area contributed by atoms with E-state index in [1.807, 2.05) is 0 Å². The predicted molar refractivity (Wildman–Crippen MR) is 249 cm³/mol. The molecule has 1 amide bonds. The first kappa shape index (κ1) is 53.4. The van der Waals surface area contributed by atoms with Crippen LogP contribution in [0.1, 0.15) is 240 Å². The van der Waals surface area contributed by atoms with Crippen LogP contribution in [0.5, 0.6) is 0 Å². The van der Waals surface area contributed by atoms with Crippen molar-refractivity contribution in [3.8, 4) is 0 Å². The molecular weight excluding hydrogens is 669 g/mol. The molecule has 2 atom stereocenters. The molecule has 0 rings (SSSR count). The van der Waals surface area contributed by atoms with Crippen molar-refractivity contribution >= 4 is 5.91 Å². The molecule has 0 N–H and O–H groups in total. The fourth-order valence-electron chi connectivity index (χ4n) is 7.78. The summed E-state index contributed by atoms with van der Waals surface area (Å²) in [6.07, 6.45) is 60.5. The Labute approximate surface area is 346 Å². The van der Waals surface area contributed by atoms with Gasteiger partial charge in [0, 0.05) is 18.5 Å². The summed E-state index contributed by atoms with van der Waals surface area (Å²) in [6.45, 7) is 11.0. The molecule has 0 aliphatic carbocycles. The predicted octanol–water partition coefficient (Wildman–Crippen LogP) is 16.5. The van der Waals surface area contributed by atoms with E-state index in [-0.39, 0.29) is 5.92 Å². The SMILES string of the molecule is CCCCC/C=C\C/C=C\CCCCCCCCC(CCCCCCCC/C=C\C/C=C\CCCCCC)N(CCCN(C)C)C(=O)C(CC)CCCCC. The van der Waals surface area contributed by atoms with E-state index in [2.05, 4.69) is 100 Å². The van der Waals surface area contributed by atoms with Gasteiger partial charge in [0.05, 0.1) is 0 Å². The van der Waals surface area contributed by atoms with Gasteiger partial charge in [-0.2, -0.15) is 0 Å². The molecule has 0 aromatic heterocycles. The monoisotopic (exact) mass is 767 g/mol. The van der Waals surface area contributed by atoms with Crippen LogP contribution in [0, 0.1) is 5.92 Å². The molecule has 0 aliphatic heterocycles. The Bertz CT molecular complexity index is 901. The summed E-state index contributed by atoms with van der Waals surface area (Å²) in [4.78, 5) is 18.9. The lowest BCUT2D eigenvalue weighted by Crippen LogP contribution is -2.45. The van der Waals surface area contributed by atoms with Crippen LogP contribution < -0.4 is 0 Å². The van der Waals surface area contributed by atoms with Crippen LogP contribution in [0.15, 0.2) is 48.6 Å². The van der Waals surface area contributed by atoms with Crippen LogP contribution in [0.4, 0.5) is 0 Å². The molecule has 0 aromatic carbocycles. The largest absolute Gasteiger partial charge is 0.339 e. The number of hydrogen-bond donors (Lipinski definition) is 0. The molecule has 0 aromatic rings. The van der Waals surface area contributed by atoms with E-state index in [0.717, 1.165) is 45.2 Å². The molecule has 0 aliphatic rings. The summed E-state index contributed by atoms with van der Waals surface area (Å²) < 4.78 is 0. The first-order valence-electron chi connectivity index (χ1n) is 24.6. The highest BCUT2D eigenvalue weighted by molar-refractivity contribution is 5.79. The van der Waals surface area contributed by atoms with Gasteiger partial charge in [0.2, 0.25) is 5.91 Å². The van der Waals surface area contributed by atoms with E-state index in [1.165, 1.54) is 180 Å². The minimum absolute atomic E-state index is 0.199. The molecule has 0 saturated heterocycles. The minimum Gasteiger partial charge on any atom is -0.339 e. The van der Waals surface area contributed by atoms with Crippen molar-refractivity contribution in [2.75, 3.05) is 27.2 Å². The van der Waals surface area contributed by atoms with Crippen molar-refractivity contribution in [1.82, 2.24) is 9.80 Å². The minimum atomic E-state index is 0.199. The fourth-order valence-corrected chi connectivity index (χ4v) is 7.78. The molecule has 0 bridgehead atoms. The average molecular weight is 767 g/mol. The summed E-state index contributed by atoms with van der Waals surface area (Å²) in [5, 5.41) is 0. The first-order chi connectivity index (χ1) is 27.0. The second-order valence-electron chi connectivity index (χ2n) is 17.0. The van der Waals surface area contributed by atoms with Crippen LogP contribution in [0.3, 0.4) is 0 Å². The van der Waals surface area contributed by atoms with Crippen LogP contribution in [-0.4, -0.2) is 48.9 Å². The zero-order chi connectivity index (χ0) is 40.3. The van der Waals surface area contributed by atoms with Gasteiger partial charge in [-0.15, -0.1) is 0 Å². The number of rotatable bonds is 42. The Morgan fingerprint density at radius 1 is 0.418 bits per heavy atom. The molecule has 3 heteroatoms. The third-order valence-electron chi connectivity index (χ3n) is 11.5. The van der Waals surface area contributed by atoms with Gasteiger partial charge in [0.15, 0.2) is 0 Å². The molecule has 3 nitrogen and oxygen atoms in total. The summed E-state index contributed by atoms with van der Waals surface area (Å²) in [5.74, 6) is 0.669. The van der Waals surface area contributed by atoms with E-state index in [0.29, 0.717) is 11.9 Å². The van der Waals surface area contributed by atoms with Crippen molar-refractivity contribution in [2.24, 2.45) is 5.92 Å². The van der Waals surface area contributed by atoms with Gasteiger partial charge in [-0.3, -0.25) is 4.79 Å². The van der Waals surface area contributed by atoms with Gasteiger partial charge in [0.1, 0.15) is 0 Å². The van der Waals surface area contributed by atoms with Gasteiger partial charge >= 0.3 is 0 Å². The van der Waals surface area contributed by atoms with E-state index >= 15 is 0 Å². The standard InChI is InChI=1S/C52H98N2O/c1-7-11-14-16-18-20-22-24-26-28-30-32-34-36-38-40-43-47-51(54(49-44-48-53(5)6)52(55)50(10-4)45-41-13-9-3)46-42-39-37-35-33-31-29-27-25-23-21-19-17-15-12-8-2/h19-22,25-28,50-51H,7-18,23-24,29-49H2,1-6H3/b21-19-,22-20-,27-25-,28-26-. The summed E-state index contributed by atoms with van der Waals surface area (Å²) in [7, 11) is 4.33. The van der Waals surface area contributed by atoms with Crippen LogP contribution >= 0.6 is 0 Å². The van der Waals surface area contributed by atoms with Gasteiger partial charge < -0.3 is 9.80 Å². The zero-order valence-electron chi connectivity index (χ0n) is 38.3. The lowest BCUT2D eigenvalue weighted by molar-refractivity contribution is -0.139. The van der Waals surface area contributed by atoms with Gasteiger partial charge in [-0.05, 0) is 117 Å². The Morgan fingerprint density at radius 2 is 0.782 bits per heavy atom. The van der Waals surface area contributed by atoms with Gasteiger partial charge in [-0.25, -0.2) is 0 Å². The van der Waals surface area contributed by atoms with E-state index in [4.69, 9.17) is 0 Å². The van der Waals surface area contributed by atoms with Crippen LogP contribution in [0.2, 0.25) is 0 Å². The average Bonchev–Trinajstić information content (AvgIpc) is 3.18. The smallest absolute Gasteiger partial charge is 0.225 e. The number of hydrogen-bond acceptors (Lipinski definition) is 2. The number of unbranched alkanes of at least 4 members (excludes halogenated alkanes) is 21. The lowest BCUT2D eigenvalue weighted by atomic mass is 9.93. The molecule has 55 heavy (non-hydrogen) atoms. The number of nitrogens with zero attached hydrogens (tertiary/aromatic N) is 2. The third-order valence-corrected chi connectivity index (χ3v) is 11.5. The second kappa shape index (κ2) is 43.5. The van der Waals surface area contributed by atoms with Crippen molar-refractivity contribution in [2.45, 2.75) is 246 Å². The summed E-state index contributed by atoms with van der Waals surface area (Å²) in [6, 6.07) is 0.413. The van der Waals surface area contributed by atoms with Crippen molar-refractivity contribution < 1.29 is 4.79 Å². The first-order valence-corrected chi connectivity index (χ1v) is 24.6. The molecule has 0 fully saturated rings. The maximum atomic E-state index is 14.2. The Morgan fingerprint density at radius 3 is 1.22 bits per heavy atom. The topological polar surface area (TPSA) is 23.6 Å². The Kier molecular flexibility index (Phi) is 42.2. The van der Waals surface area contributed by atoms with Gasteiger partial charge in [0.25, 0.3) is 0 Å².